The van der Waals surface area contributed by atoms with E-state index in [4.69, 9.17) is 28.2 Å². The number of halogens is 1. The van der Waals surface area contributed by atoms with Gasteiger partial charge in [0.1, 0.15) is 0 Å². The van der Waals surface area contributed by atoms with Crippen LogP contribution in [0.5, 0.6) is 0 Å². The van der Waals surface area contributed by atoms with E-state index in [0.29, 0.717) is 21.4 Å². The number of benzene rings is 1. The summed E-state index contributed by atoms with van der Waals surface area (Å²) in [4.78, 5) is 0. The van der Waals surface area contributed by atoms with Crippen molar-refractivity contribution in [2.75, 3.05) is 0 Å². The Balaban J connectivity index is 1.99. The average Bonchev–Trinajstić information content (AvgIpc) is 3.06. The van der Waals surface area contributed by atoms with Crippen molar-refractivity contribution in [2.24, 2.45) is 5.10 Å². The largest absolute Gasteiger partial charge is 0.461 e. The molecule has 1 aromatic carbocycles. The van der Waals surface area contributed by atoms with Crippen molar-refractivity contribution in [3.8, 4) is 11.6 Å². The summed E-state index contributed by atoms with van der Waals surface area (Å²) in [6.07, 6.45) is 3.22. The van der Waals surface area contributed by atoms with Crippen LogP contribution in [0.4, 0.5) is 0 Å². The fourth-order valence-corrected chi connectivity index (χ4v) is 2.05. The van der Waals surface area contributed by atoms with Crippen LogP contribution < -0.4 is 0 Å². The molecule has 20 heavy (non-hydrogen) atoms. The molecule has 0 bridgehead atoms. The zero-order valence-electron chi connectivity index (χ0n) is 10.2. The number of nitrogens with zero attached hydrogens (tertiary/aromatic N) is 3. The Labute approximate surface area is 124 Å². The summed E-state index contributed by atoms with van der Waals surface area (Å²) in [5.74, 6) is 1.10. The third kappa shape index (κ3) is 2.56. The van der Waals surface area contributed by atoms with E-state index in [1.807, 2.05) is 12.1 Å². The lowest BCUT2D eigenvalue weighted by Crippen LogP contribution is -1.94. The summed E-state index contributed by atoms with van der Waals surface area (Å²) in [5, 5.41) is 11.7. The molecule has 7 heteroatoms. The van der Waals surface area contributed by atoms with E-state index in [1.165, 1.54) is 4.68 Å². The molecule has 0 spiro atoms. The van der Waals surface area contributed by atoms with Gasteiger partial charge >= 0.3 is 0 Å². The maximum atomic E-state index is 5.93. The standard InChI is InChI=1S/C13H9ClN4OS/c14-10-4-1-3-9(7-10)8-15-18-12(16-17-13(18)20)11-5-2-6-19-11/h1-8H,(H,17,20)/b15-8+. The molecule has 0 fully saturated rings. The molecular weight excluding hydrogens is 296 g/mol. The second-order valence-electron chi connectivity index (χ2n) is 3.94. The maximum Gasteiger partial charge on any atom is 0.219 e. The molecule has 0 amide bonds. The lowest BCUT2D eigenvalue weighted by atomic mass is 10.2. The van der Waals surface area contributed by atoms with Gasteiger partial charge in [-0.25, -0.2) is 5.10 Å². The van der Waals surface area contributed by atoms with Crippen LogP contribution in [0.1, 0.15) is 5.56 Å². The lowest BCUT2D eigenvalue weighted by Gasteiger charge is -1.97. The number of hydrogen-bond donors (Lipinski definition) is 1. The van der Waals surface area contributed by atoms with Crippen molar-refractivity contribution in [3.63, 3.8) is 0 Å². The van der Waals surface area contributed by atoms with Crippen LogP contribution in [0.15, 0.2) is 52.2 Å². The van der Waals surface area contributed by atoms with E-state index in [2.05, 4.69) is 15.3 Å². The Morgan fingerprint density at radius 3 is 3.00 bits per heavy atom. The smallest absolute Gasteiger partial charge is 0.219 e. The number of hydrogen-bond acceptors (Lipinski definition) is 4. The van der Waals surface area contributed by atoms with Crippen molar-refractivity contribution in [3.05, 3.63) is 58.0 Å². The highest BCUT2D eigenvalue weighted by Crippen LogP contribution is 2.17. The molecule has 1 N–H and O–H groups in total. The summed E-state index contributed by atoms with van der Waals surface area (Å²) in [7, 11) is 0. The molecule has 0 atom stereocenters. The lowest BCUT2D eigenvalue weighted by molar-refractivity contribution is 0.573. The monoisotopic (exact) mass is 304 g/mol. The van der Waals surface area contributed by atoms with E-state index in [0.717, 1.165) is 5.56 Å². The fourth-order valence-electron chi connectivity index (χ4n) is 1.68. The van der Waals surface area contributed by atoms with Gasteiger partial charge < -0.3 is 4.42 Å². The van der Waals surface area contributed by atoms with Crippen LogP contribution in [-0.2, 0) is 0 Å². The first-order valence-electron chi connectivity index (χ1n) is 5.75. The quantitative estimate of drug-likeness (QED) is 0.592. The highest BCUT2D eigenvalue weighted by atomic mass is 35.5. The Morgan fingerprint density at radius 2 is 2.25 bits per heavy atom. The Kier molecular flexibility index (Phi) is 3.49. The second kappa shape index (κ2) is 5.44. The maximum absolute atomic E-state index is 5.93. The van der Waals surface area contributed by atoms with Crippen molar-refractivity contribution < 1.29 is 4.42 Å². The van der Waals surface area contributed by atoms with E-state index in [9.17, 15) is 0 Å². The van der Waals surface area contributed by atoms with Crippen LogP contribution in [0.25, 0.3) is 11.6 Å². The molecule has 5 nitrogen and oxygen atoms in total. The number of aromatic amines is 1. The minimum Gasteiger partial charge on any atom is -0.461 e. The Hall–Kier alpha value is -2.18. The topological polar surface area (TPSA) is 59.1 Å². The van der Waals surface area contributed by atoms with Gasteiger partial charge in [0.05, 0.1) is 12.5 Å². The van der Waals surface area contributed by atoms with Gasteiger partial charge in [-0.1, -0.05) is 23.7 Å². The highest BCUT2D eigenvalue weighted by Gasteiger charge is 2.10. The molecule has 0 saturated carbocycles. The molecular formula is C13H9ClN4OS. The summed E-state index contributed by atoms with van der Waals surface area (Å²) in [6.45, 7) is 0. The number of nitrogens with one attached hydrogen (secondary N) is 1. The van der Waals surface area contributed by atoms with E-state index in [1.54, 1.807) is 36.7 Å². The van der Waals surface area contributed by atoms with Crippen LogP contribution in [0.2, 0.25) is 5.02 Å². The van der Waals surface area contributed by atoms with Gasteiger partial charge in [0, 0.05) is 5.02 Å². The molecule has 3 aromatic rings. The summed E-state index contributed by atoms with van der Waals surface area (Å²) in [6, 6.07) is 10.9. The van der Waals surface area contributed by atoms with Gasteiger partial charge in [0.15, 0.2) is 5.76 Å². The number of rotatable bonds is 3. The van der Waals surface area contributed by atoms with Gasteiger partial charge in [0.2, 0.25) is 10.6 Å². The van der Waals surface area contributed by atoms with E-state index < -0.39 is 0 Å². The molecule has 2 heterocycles. The molecule has 0 saturated heterocycles. The highest BCUT2D eigenvalue weighted by molar-refractivity contribution is 7.71. The van der Waals surface area contributed by atoms with Crippen LogP contribution >= 0.6 is 23.8 Å². The first kappa shape index (κ1) is 12.8. The normalized spacial score (nSPS) is 11.2. The molecule has 0 radical (unpaired) electrons. The molecule has 0 unspecified atom stereocenters. The van der Waals surface area contributed by atoms with Crippen molar-refractivity contribution >= 4 is 30.0 Å². The number of H-pyrrole nitrogens is 1. The van der Waals surface area contributed by atoms with Crippen LogP contribution in [-0.4, -0.2) is 21.1 Å². The first-order chi connectivity index (χ1) is 9.74. The third-order valence-corrected chi connectivity index (χ3v) is 3.06. The average molecular weight is 305 g/mol. The zero-order valence-corrected chi connectivity index (χ0v) is 11.7. The Morgan fingerprint density at radius 1 is 1.35 bits per heavy atom. The van der Waals surface area contributed by atoms with Crippen LogP contribution in [0.3, 0.4) is 0 Å². The van der Waals surface area contributed by atoms with Crippen molar-refractivity contribution in [1.29, 1.82) is 0 Å². The van der Waals surface area contributed by atoms with Crippen molar-refractivity contribution in [2.45, 2.75) is 0 Å². The molecule has 0 aliphatic heterocycles. The number of aromatic nitrogens is 3. The Bertz CT molecular complexity index is 804. The molecule has 0 aliphatic rings. The minimum atomic E-state index is 0.384. The van der Waals surface area contributed by atoms with Gasteiger partial charge in [-0.2, -0.15) is 9.78 Å². The summed E-state index contributed by atoms with van der Waals surface area (Å²) < 4.78 is 7.18. The first-order valence-corrected chi connectivity index (χ1v) is 6.54. The van der Waals surface area contributed by atoms with E-state index >= 15 is 0 Å². The second-order valence-corrected chi connectivity index (χ2v) is 4.76. The SMILES string of the molecule is S=c1[nH]nc(-c2ccco2)n1/N=C/c1cccc(Cl)c1. The zero-order chi connectivity index (χ0) is 13.9. The van der Waals surface area contributed by atoms with Crippen LogP contribution in [0, 0.1) is 4.77 Å². The predicted octanol–water partition coefficient (Wildman–Crippen LogP) is 3.74. The summed E-state index contributed by atoms with van der Waals surface area (Å²) in [5.41, 5.74) is 0.867. The van der Waals surface area contributed by atoms with Gasteiger partial charge in [-0.15, -0.1) is 5.10 Å². The molecule has 3 rings (SSSR count). The molecule has 0 aliphatic carbocycles. The van der Waals surface area contributed by atoms with E-state index in [-0.39, 0.29) is 0 Å². The van der Waals surface area contributed by atoms with Gasteiger partial charge in [-0.05, 0) is 42.0 Å². The fraction of sp³-hybridized carbons (Fsp3) is 0. The van der Waals surface area contributed by atoms with Crippen molar-refractivity contribution in [1.82, 2.24) is 14.9 Å². The van der Waals surface area contributed by atoms with Gasteiger partial charge in [-0.3, -0.25) is 0 Å². The molecule has 2 aromatic heterocycles. The minimum absolute atomic E-state index is 0.384. The summed E-state index contributed by atoms with van der Waals surface area (Å²) >= 11 is 11.1. The third-order valence-electron chi connectivity index (χ3n) is 2.56. The molecule has 100 valence electrons. The predicted molar refractivity (Wildman–Crippen MR) is 79.6 cm³/mol. The van der Waals surface area contributed by atoms with Gasteiger partial charge in [0.25, 0.3) is 0 Å². The number of furan rings is 1.